The highest BCUT2D eigenvalue weighted by atomic mass is 19.1. The Bertz CT molecular complexity index is 777. The van der Waals surface area contributed by atoms with Gasteiger partial charge in [0.1, 0.15) is 17.8 Å². The first-order valence-electron chi connectivity index (χ1n) is 8.53. The molecule has 1 aliphatic rings. The Hall–Kier alpha value is -2.74. The van der Waals surface area contributed by atoms with E-state index in [1.165, 1.54) is 30.5 Å². The first-order chi connectivity index (χ1) is 12.4. The highest BCUT2D eigenvalue weighted by Gasteiger charge is 2.22. The summed E-state index contributed by atoms with van der Waals surface area (Å²) in [6, 6.07) is 7.33. The normalized spacial score (nSPS) is 16.3. The van der Waals surface area contributed by atoms with E-state index in [4.69, 9.17) is 0 Å². The molecule has 0 spiro atoms. The van der Waals surface area contributed by atoms with Crippen molar-refractivity contribution in [1.29, 1.82) is 0 Å². The Morgan fingerprint density at radius 3 is 2.69 bits per heavy atom. The third kappa shape index (κ3) is 4.08. The van der Waals surface area contributed by atoms with Gasteiger partial charge in [0.05, 0.1) is 17.1 Å². The van der Waals surface area contributed by atoms with Crippen molar-refractivity contribution in [2.75, 3.05) is 23.3 Å². The molecule has 2 N–H and O–H groups in total. The van der Waals surface area contributed by atoms with Gasteiger partial charge in [0, 0.05) is 30.4 Å². The van der Waals surface area contributed by atoms with E-state index >= 15 is 0 Å². The predicted octanol–water partition coefficient (Wildman–Crippen LogP) is 3.26. The summed E-state index contributed by atoms with van der Waals surface area (Å²) < 4.78 is 13.8. The molecule has 0 amide bonds. The molecule has 7 nitrogen and oxygen atoms in total. The summed E-state index contributed by atoms with van der Waals surface area (Å²) in [6.07, 6.45) is 2.27. The number of halogens is 1. The minimum absolute atomic E-state index is 0.0819. The van der Waals surface area contributed by atoms with Crippen LogP contribution in [0.5, 0.6) is 0 Å². The zero-order chi connectivity index (χ0) is 18.7. The minimum atomic E-state index is -0.504. The molecular formula is C18H21FN4O3. The molecule has 1 aromatic heterocycles. The second-order valence-corrected chi connectivity index (χ2v) is 6.45. The van der Waals surface area contributed by atoms with E-state index in [2.05, 4.69) is 15.2 Å². The van der Waals surface area contributed by atoms with E-state index in [1.54, 1.807) is 6.07 Å². The number of hydrogen-bond donors (Lipinski definition) is 2. The molecule has 1 atom stereocenters. The number of aliphatic hydroxyl groups is 1. The maximum atomic E-state index is 13.8. The number of hydrogen-bond acceptors (Lipinski definition) is 6. The highest BCUT2D eigenvalue weighted by molar-refractivity contribution is 5.57. The average Bonchev–Trinajstić information content (AvgIpc) is 2.63. The van der Waals surface area contributed by atoms with E-state index in [9.17, 15) is 19.6 Å². The van der Waals surface area contributed by atoms with Gasteiger partial charge in [-0.1, -0.05) is 0 Å². The summed E-state index contributed by atoms with van der Waals surface area (Å²) in [5.41, 5.74) is 1.61. The van der Waals surface area contributed by atoms with Crippen LogP contribution in [0.25, 0.3) is 0 Å². The summed E-state index contributed by atoms with van der Waals surface area (Å²) in [5, 5.41) is 23.6. The van der Waals surface area contributed by atoms with Gasteiger partial charge in [-0.05, 0) is 44.0 Å². The molecule has 0 aliphatic carbocycles. The molecule has 138 valence electrons. The fourth-order valence-electron chi connectivity index (χ4n) is 3.15. The highest BCUT2D eigenvalue weighted by Crippen LogP contribution is 2.31. The van der Waals surface area contributed by atoms with Crippen LogP contribution in [0.2, 0.25) is 0 Å². The standard InChI is InChI=1S/C18H21FN4O3/c1-12(21-18-5-3-14(11-20-18)23(25)26)16-10-13(19)2-4-17(16)22-8-6-15(24)7-9-22/h2-5,10-12,15,24H,6-9H2,1H3,(H,20,21). The number of nitro groups is 1. The van der Waals surface area contributed by atoms with Gasteiger partial charge in [-0.3, -0.25) is 10.1 Å². The smallest absolute Gasteiger partial charge is 0.287 e. The van der Waals surface area contributed by atoms with E-state index in [1.807, 2.05) is 6.92 Å². The van der Waals surface area contributed by atoms with Crippen molar-refractivity contribution in [2.45, 2.75) is 31.9 Å². The molecule has 1 aromatic carbocycles. The van der Waals surface area contributed by atoms with Crippen LogP contribution in [0.4, 0.5) is 21.6 Å². The molecular weight excluding hydrogens is 339 g/mol. The van der Waals surface area contributed by atoms with Crippen molar-refractivity contribution in [3.63, 3.8) is 0 Å². The van der Waals surface area contributed by atoms with Crippen LogP contribution >= 0.6 is 0 Å². The zero-order valence-corrected chi connectivity index (χ0v) is 14.4. The van der Waals surface area contributed by atoms with Crippen LogP contribution in [0.15, 0.2) is 36.5 Å². The van der Waals surface area contributed by atoms with Crippen LogP contribution in [-0.4, -0.2) is 34.2 Å². The van der Waals surface area contributed by atoms with E-state index in [0.717, 1.165) is 11.3 Å². The Morgan fingerprint density at radius 1 is 1.35 bits per heavy atom. The number of anilines is 2. The van der Waals surface area contributed by atoms with Crippen molar-refractivity contribution >= 4 is 17.2 Å². The number of rotatable bonds is 5. The van der Waals surface area contributed by atoms with Crippen LogP contribution < -0.4 is 10.2 Å². The van der Waals surface area contributed by atoms with E-state index in [0.29, 0.717) is 31.7 Å². The number of nitrogens with zero attached hydrogens (tertiary/aromatic N) is 3. The van der Waals surface area contributed by atoms with E-state index in [-0.39, 0.29) is 23.7 Å². The number of aromatic nitrogens is 1. The Morgan fingerprint density at radius 2 is 2.08 bits per heavy atom. The lowest BCUT2D eigenvalue weighted by molar-refractivity contribution is -0.385. The van der Waals surface area contributed by atoms with Crippen molar-refractivity contribution in [3.8, 4) is 0 Å². The van der Waals surface area contributed by atoms with Crippen molar-refractivity contribution in [1.82, 2.24) is 4.98 Å². The lowest BCUT2D eigenvalue weighted by atomic mass is 10.0. The summed E-state index contributed by atoms with van der Waals surface area (Å²) in [7, 11) is 0. The molecule has 1 unspecified atom stereocenters. The molecule has 2 aromatic rings. The minimum Gasteiger partial charge on any atom is -0.393 e. The number of piperidine rings is 1. The fraction of sp³-hybridized carbons (Fsp3) is 0.389. The summed E-state index contributed by atoms with van der Waals surface area (Å²) in [6.45, 7) is 3.31. The second-order valence-electron chi connectivity index (χ2n) is 6.45. The largest absolute Gasteiger partial charge is 0.393 e. The van der Waals surface area contributed by atoms with Gasteiger partial charge in [0.25, 0.3) is 5.69 Å². The molecule has 0 radical (unpaired) electrons. The average molecular weight is 360 g/mol. The van der Waals surface area contributed by atoms with Gasteiger partial charge in [-0.2, -0.15) is 0 Å². The molecule has 3 rings (SSSR count). The maximum absolute atomic E-state index is 13.8. The number of aliphatic hydroxyl groups excluding tert-OH is 1. The van der Waals surface area contributed by atoms with Gasteiger partial charge >= 0.3 is 0 Å². The molecule has 26 heavy (non-hydrogen) atoms. The fourth-order valence-corrected chi connectivity index (χ4v) is 3.15. The molecule has 2 heterocycles. The molecule has 1 aliphatic heterocycles. The SMILES string of the molecule is CC(Nc1ccc([N+](=O)[O-])cn1)c1cc(F)ccc1N1CCC(O)CC1. The van der Waals surface area contributed by atoms with Crippen LogP contribution in [0.1, 0.15) is 31.4 Å². The monoisotopic (exact) mass is 360 g/mol. The Kier molecular flexibility index (Phi) is 5.32. The topological polar surface area (TPSA) is 91.5 Å². The lowest BCUT2D eigenvalue weighted by Gasteiger charge is -2.34. The summed E-state index contributed by atoms with van der Waals surface area (Å²) >= 11 is 0. The van der Waals surface area contributed by atoms with Crippen LogP contribution in [-0.2, 0) is 0 Å². The Labute approximate surface area is 150 Å². The van der Waals surface area contributed by atoms with Crippen LogP contribution in [0, 0.1) is 15.9 Å². The molecule has 1 fully saturated rings. The zero-order valence-electron chi connectivity index (χ0n) is 14.4. The van der Waals surface area contributed by atoms with Crippen molar-refractivity contribution < 1.29 is 14.4 Å². The van der Waals surface area contributed by atoms with Crippen molar-refractivity contribution in [3.05, 3.63) is 58.0 Å². The van der Waals surface area contributed by atoms with Gasteiger partial charge in [-0.15, -0.1) is 0 Å². The second kappa shape index (κ2) is 7.65. The maximum Gasteiger partial charge on any atom is 0.287 e. The first-order valence-corrected chi connectivity index (χ1v) is 8.53. The molecule has 0 saturated carbocycles. The third-order valence-corrected chi connectivity index (χ3v) is 4.58. The van der Waals surface area contributed by atoms with E-state index < -0.39 is 4.92 Å². The summed E-state index contributed by atoms with van der Waals surface area (Å²) in [4.78, 5) is 16.4. The number of nitrogens with one attached hydrogen (secondary N) is 1. The van der Waals surface area contributed by atoms with Crippen LogP contribution in [0.3, 0.4) is 0 Å². The lowest BCUT2D eigenvalue weighted by Crippen LogP contribution is -2.36. The quantitative estimate of drug-likeness (QED) is 0.628. The number of benzene rings is 1. The third-order valence-electron chi connectivity index (χ3n) is 4.58. The molecule has 0 bridgehead atoms. The van der Waals surface area contributed by atoms with Gasteiger partial charge in [0.2, 0.25) is 0 Å². The number of pyridine rings is 1. The summed E-state index contributed by atoms with van der Waals surface area (Å²) in [5.74, 6) is 0.151. The molecule has 1 saturated heterocycles. The Balaban J connectivity index is 1.80. The first kappa shape index (κ1) is 18.1. The van der Waals surface area contributed by atoms with Crippen molar-refractivity contribution in [2.24, 2.45) is 0 Å². The predicted molar refractivity (Wildman–Crippen MR) is 96.8 cm³/mol. The van der Waals surface area contributed by atoms with Gasteiger partial charge in [0.15, 0.2) is 0 Å². The molecule has 8 heteroatoms. The van der Waals surface area contributed by atoms with Gasteiger partial charge in [-0.25, -0.2) is 9.37 Å². The van der Waals surface area contributed by atoms with Gasteiger partial charge < -0.3 is 15.3 Å².